The van der Waals surface area contributed by atoms with Gasteiger partial charge in [0.1, 0.15) is 5.69 Å². The highest BCUT2D eigenvalue weighted by atomic mass is 32.1. The summed E-state index contributed by atoms with van der Waals surface area (Å²) in [6.07, 6.45) is -1.09. The zero-order valence-corrected chi connectivity index (χ0v) is 12.0. The summed E-state index contributed by atoms with van der Waals surface area (Å²) in [5.74, 6) is 0.698. The van der Waals surface area contributed by atoms with Crippen molar-refractivity contribution in [2.24, 2.45) is 16.8 Å². The maximum Gasteiger partial charge on any atom is 0.433 e. The van der Waals surface area contributed by atoms with Crippen molar-refractivity contribution in [3.8, 4) is 0 Å². The third-order valence-corrected chi connectivity index (χ3v) is 4.49. The van der Waals surface area contributed by atoms with Crippen LogP contribution in [0.2, 0.25) is 0 Å². The van der Waals surface area contributed by atoms with Crippen LogP contribution in [0.3, 0.4) is 0 Å². The van der Waals surface area contributed by atoms with E-state index in [0.29, 0.717) is 30.6 Å². The highest BCUT2D eigenvalue weighted by Gasteiger charge is 2.42. The molecule has 3 rings (SSSR count). The van der Waals surface area contributed by atoms with E-state index in [1.54, 1.807) is 6.07 Å². The van der Waals surface area contributed by atoms with Crippen LogP contribution in [0.1, 0.15) is 18.5 Å². The molecule has 1 aliphatic heterocycles. The normalized spacial score (nSPS) is 28.3. The van der Waals surface area contributed by atoms with E-state index < -0.39 is 11.9 Å². The van der Waals surface area contributed by atoms with Gasteiger partial charge >= 0.3 is 6.18 Å². The number of isothiocyanates is 1. The molecule has 0 amide bonds. The minimum Gasteiger partial charge on any atom is -0.371 e. The number of piperidine rings is 1. The molecule has 2 fully saturated rings. The maximum atomic E-state index is 12.7. The molecular weight excluding hydrogens is 299 g/mol. The lowest BCUT2D eigenvalue weighted by atomic mass is 9.92. The lowest BCUT2D eigenvalue weighted by Gasteiger charge is -2.37. The molecule has 2 heterocycles. The number of rotatable bonds is 2. The summed E-state index contributed by atoms with van der Waals surface area (Å²) in [4.78, 5) is 9.66. The average Bonchev–Trinajstić information content (AvgIpc) is 2.69. The van der Waals surface area contributed by atoms with E-state index in [1.807, 2.05) is 4.90 Å². The molecule has 1 aromatic rings. The summed E-state index contributed by atoms with van der Waals surface area (Å²) in [5.41, 5.74) is -0.259. The van der Waals surface area contributed by atoms with Crippen LogP contribution in [0.5, 0.6) is 0 Å². The maximum absolute atomic E-state index is 12.7. The van der Waals surface area contributed by atoms with Crippen molar-refractivity contribution in [3.05, 3.63) is 24.0 Å². The Kier molecular flexibility index (Phi) is 3.71. The molecule has 0 radical (unpaired) electrons. The molecule has 2 unspecified atom stereocenters. The quantitative estimate of drug-likeness (QED) is 0.619. The third kappa shape index (κ3) is 2.80. The highest BCUT2D eigenvalue weighted by molar-refractivity contribution is 7.78. The molecule has 1 saturated carbocycles. The standard InChI is InChI=1S/C14H14F3N3S/c15-14(16,17)12-5-11(3-4-18-12)20-6-9-1-2-10(7-20)13(9)19-8-21/h3-5,9-10,13H,1-2,6-7H2/t9-,10?,13?/m0/s1. The average molecular weight is 313 g/mol. The third-order valence-electron chi connectivity index (χ3n) is 4.38. The second kappa shape index (κ2) is 5.39. The zero-order chi connectivity index (χ0) is 15.0. The molecule has 3 atom stereocenters. The monoisotopic (exact) mass is 313 g/mol. The first kappa shape index (κ1) is 14.5. The molecule has 21 heavy (non-hydrogen) atoms. The van der Waals surface area contributed by atoms with Crippen molar-refractivity contribution in [3.63, 3.8) is 0 Å². The Hall–Kier alpha value is -1.46. The molecule has 2 aliphatic rings. The van der Waals surface area contributed by atoms with Crippen LogP contribution in [-0.2, 0) is 6.18 Å². The minimum absolute atomic E-state index is 0.183. The zero-order valence-electron chi connectivity index (χ0n) is 11.2. The van der Waals surface area contributed by atoms with E-state index in [-0.39, 0.29) is 6.04 Å². The van der Waals surface area contributed by atoms with E-state index >= 15 is 0 Å². The lowest BCUT2D eigenvalue weighted by molar-refractivity contribution is -0.141. The molecule has 3 nitrogen and oxygen atoms in total. The van der Waals surface area contributed by atoms with Crippen molar-refractivity contribution in [2.75, 3.05) is 18.0 Å². The van der Waals surface area contributed by atoms with Gasteiger partial charge in [0.25, 0.3) is 0 Å². The van der Waals surface area contributed by atoms with Crippen molar-refractivity contribution in [1.82, 2.24) is 4.98 Å². The molecule has 0 aromatic carbocycles. The predicted molar refractivity (Wildman–Crippen MR) is 76.5 cm³/mol. The first-order chi connectivity index (χ1) is 9.99. The second-order valence-corrected chi connectivity index (χ2v) is 5.79. The van der Waals surface area contributed by atoms with Crippen molar-refractivity contribution >= 4 is 23.1 Å². The molecule has 112 valence electrons. The van der Waals surface area contributed by atoms with Gasteiger partial charge in [0.2, 0.25) is 0 Å². The van der Waals surface area contributed by atoms with Gasteiger partial charge in [-0.1, -0.05) is 0 Å². The number of fused-ring (bicyclic) bond motifs is 2. The van der Waals surface area contributed by atoms with Crippen LogP contribution in [0.25, 0.3) is 0 Å². The van der Waals surface area contributed by atoms with E-state index in [9.17, 15) is 13.2 Å². The number of halogens is 3. The van der Waals surface area contributed by atoms with Gasteiger partial charge in [-0.3, -0.25) is 4.98 Å². The fourth-order valence-corrected chi connectivity index (χ4v) is 3.57. The number of hydrogen-bond donors (Lipinski definition) is 0. The van der Waals surface area contributed by atoms with Crippen LogP contribution in [-0.4, -0.2) is 29.3 Å². The molecule has 0 spiro atoms. The Morgan fingerprint density at radius 1 is 1.29 bits per heavy atom. The number of hydrogen-bond acceptors (Lipinski definition) is 4. The van der Waals surface area contributed by atoms with E-state index in [0.717, 1.165) is 18.9 Å². The van der Waals surface area contributed by atoms with Gasteiger partial charge in [0.15, 0.2) is 0 Å². The molecule has 1 aliphatic carbocycles. The van der Waals surface area contributed by atoms with Crippen LogP contribution in [0.4, 0.5) is 18.9 Å². The number of nitrogens with zero attached hydrogens (tertiary/aromatic N) is 3. The number of alkyl halides is 3. The summed E-state index contributed by atoms with van der Waals surface area (Å²) >= 11 is 4.68. The van der Waals surface area contributed by atoms with E-state index in [4.69, 9.17) is 0 Å². The number of thiocarbonyl (C=S) groups is 1. The summed E-state index contributed by atoms with van der Waals surface area (Å²) in [6, 6.07) is 2.95. The van der Waals surface area contributed by atoms with Crippen LogP contribution in [0.15, 0.2) is 23.3 Å². The van der Waals surface area contributed by atoms with Gasteiger partial charge in [-0.25, -0.2) is 4.99 Å². The highest BCUT2D eigenvalue weighted by Crippen LogP contribution is 2.41. The number of aromatic nitrogens is 1. The summed E-state index contributed by atoms with van der Waals surface area (Å²) in [6.45, 7) is 1.42. The van der Waals surface area contributed by atoms with Crippen molar-refractivity contribution in [2.45, 2.75) is 25.1 Å². The number of aliphatic imine (C=N–C) groups is 1. The molecule has 2 bridgehead atoms. The van der Waals surface area contributed by atoms with Gasteiger partial charge in [-0.15, -0.1) is 0 Å². The molecular formula is C14H14F3N3S. The largest absolute Gasteiger partial charge is 0.433 e. The predicted octanol–water partition coefficient (Wildman–Crippen LogP) is 3.42. The SMILES string of the molecule is FC(F)(F)c1cc(N2CC3CC[C@@H](C2)C3N=C=S)ccn1. The number of pyridine rings is 1. The molecule has 1 saturated heterocycles. The number of anilines is 1. The van der Waals surface area contributed by atoms with Crippen molar-refractivity contribution in [1.29, 1.82) is 0 Å². The Balaban J connectivity index is 1.82. The van der Waals surface area contributed by atoms with Crippen LogP contribution < -0.4 is 4.90 Å². The first-order valence-electron chi connectivity index (χ1n) is 6.84. The Bertz CT molecular complexity index is 569. The molecule has 1 aromatic heterocycles. The topological polar surface area (TPSA) is 28.5 Å². The fourth-order valence-electron chi connectivity index (χ4n) is 3.45. The molecule has 7 heteroatoms. The van der Waals surface area contributed by atoms with Gasteiger partial charge in [-0.05, 0) is 49.0 Å². The van der Waals surface area contributed by atoms with Gasteiger partial charge < -0.3 is 4.90 Å². The van der Waals surface area contributed by atoms with Crippen LogP contribution in [0, 0.1) is 11.8 Å². The first-order valence-corrected chi connectivity index (χ1v) is 7.25. The Labute approximate surface area is 125 Å². The van der Waals surface area contributed by atoms with Gasteiger partial charge in [0.05, 0.1) is 11.2 Å². The van der Waals surface area contributed by atoms with Crippen molar-refractivity contribution < 1.29 is 13.2 Å². The second-order valence-electron chi connectivity index (χ2n) is 5.61. The smallest absolute Gasteiger partial charge is 0.371 e. The fraction of sp³-hybridized carbons (Fsp3) is 0.571. The summed E-state index contributed by atoms with van der Waals surface area (Å²) in [7, 11) is 0. The van der Waals surface area contributed by atoms with Crippen LogP contribution >= 0.6 is 12.2 Å². The summed E-state index contributed by atoms with van der Waals surface area (Å²) in [5, 5.41) is 2.45. The van der Waals surface area contributed by atoms with E-state index in [1.165, 1.54) is 6.20 Å². The minimum atomic E-state index is -4.41. The van der Waals surface area contributed by atoms with Gasteiger partial charge in [0, 0.05) is 25.0 Å². The molecule has 0 N–H and O–H groups in total. The van der Waals surface area contributed by atoms with E-state index in [2.05, 4.69) is 27.4 Å². The lowest BCUT2D eigenvalue weighted by Crippen LogP contribution is -2.44. The Morgan fingerprint density at radius 3 is 2.52 bits per heavy atom. The van der Waals surface area contributed by atoms with Gasteiger partial charge in [-0.2, -0.15) is 13.2 Å². The summed E-state index contributed by atoms with van der Waals surface area (Å²) < 4.78 is 38.2. The Morgan fingerprint density at radius 2 is 1.95 bits per heavy atom.